The molecule has 1 aliphatic carbocycles. The van der Waals surface area contributed by atoms with Crippen LogP contribution in [0.3, 0.4) is 0 Å². The first-order valence-corrected chi connectivity index (χ1v) is 12.2. The van der Waals surface area contributed by atoms with Gasteiger partial charge in [-0.25, -0.2) is 17.9 Å². The average Bonchev–Trinajstić information content (AvgIpc) is 2.89. The van der Waals surface area contributed by atoms with Crippen LogP contribution in [0, 0.1) is 5.92 Å². The largest absolute Gasteiger partial charge is 0.344 e. The van der Waals surface area contributed by atoms with Gasteiger partial charge < -0.3 is 10.2 Å². The van der Waals surface area contributed by atoms with Gasteiger partial charge in [0.1, 0.15) is 5.54 Å². The molecule has 0 aromatic heterocycles. The monoisotopic (exact) mass is 429 g/mol. The molecule has 2 saturated heterocycles. The number of hydrazine groups is 1. The SMILES string of the molecule is CS(=O)(=O)NCC1CCCN(CCC(=O)NN2C(=O)NC3(CCCCC3)C2=O)C1. The zero-order valence-electron chi connectivity index (χ0n) is 16.9. The summed E-state index contributed by atoms with van der Waals surface area (Å²) in [6.07, 6.45) is 7.23. The van der Waals surface area contributed by atoms with Crippen LogP contribution in [0.15, 0.2) is 0 Å². The fourth-order valence-electron chi connectivity index (χ4n) is 4.45. The number of nitrogens with one attached hydrogen (secondary N) is 3. The fourth-order valence-corrected chi connectivity index (χ4v) is 4.98. The Morgan fingerprint density at radius 1 is 1.21 bits per heavy atom. The Kier molecular flexibility index (Phi) is 6.79. The van der Waals surface area contributed by atoms with Crippen molar-refractivity contribution in [3.8, 4) is 0 Å². The number of piperidine rings is 1. The predicted molar refractivity (Wildman–Crippen MR) is 106 cm³/mol. The number of sulfonamides is 1. The summed E-state index contributed by atoms with van der Waals surface area (Å²) >= 11 is 0. The smallest absolute Gasteiger partial charge is 0.322 e. The number of carbonyl (C=O) groups is 3. The van der Waals surface area contributed by atoms with E-state index in [-0.39, 0.29) is 24.2 Å². The van der Waals surface area contributed by atoms with Gasteiger partial charge in [-0.05, 0) is 38.1 Å². The Morgan fingerprint density at radius 3 is 2.62 bits per heavy atom. The summed E-state index contributed by atoms with van der Waals surface area (Å²) in [6, 6.07) is -0.560. The van der Waals surface area contributed by atoms with Crippen molar-refractivity contribution >= 4 is 27.9 Å². The van der Waals surface area contributed by atoms with Crippen LogP contribution in [0.5, 0.6) is 0 Å². The third kappa shape index (κ3) is 5.67. The average molecular weight is 430 g/mol. The minimum Gasteiger partial charge on any atom is -0.322 e. The van der Waals surface area contributed by atoms with E-state index in [9.17, 15) is 22.8 Å². The highest BCUT2D eigenvalue weighted by Gasteiger charge is 2.52. The van der Waals surface area contributed by atoms with E-state index in [1.54, 1.807) is 0 Å². The van der Waals surface area contributed by atoms with Gasteiger partial charge >= 0.3 is 6.03 Å². The molecule has 1 spiro atoms. The number of imide groups is 1. The number of carbonyl (C=O) groups excluding carboxylic acids is 3. The van der Waals surface area contributed by atoms with Gasteiger partial charge in [0.25, 0.3) is 5.91 Å². The maximum atomic E-state index is 12.7. The number of rotatable bonds is 7. The topological polar surface area (TPSA) is 128 Å². The molecule has 1 atom stereocenters. The summed E-state index contributed by atoms with van der Waals surface area (Å²) in [4.78, 5) is 39.4. The first-order chi connectivity index (χ1) is 13.7. The summed E-state index contributed by atoms with van der Waals surface area (Å²) in [5.74, 6) is -0.531. The molecule has 2 aliphatic heterocycles. The van der Waals surface area contributed by atoms with Gasteiger partial charge in [-0.15, -0.1) is 0 Å². The molecule has 1 unspecified atom stereocenters. The van der Waals surface area contributed by atoms with Gasteiger partial charge in [-0.3, -0.25) is 15.0 Å². The number of hydrogen-bond acceptors (Lipinski definition) is 6. The highest BCUT2D eigenvalue weighted by Crippen LogP contribution is 2.33. The second-order valence-electron chi connectivity index (χ2n) is 8.43. The maximum Gasteiger partial charge on any atom is 0.344 e. The van der Waals surface area contributed by atoms with Crippen molar-refractivity contribution in [2.75, 3.05) is 32.4 Å². The standard InChI is InChI=1S/C18H31N5O5S/c1-29(27,28)19-12-14-6-5-10-22(13-14)11-7-15(24)21-23-16(25)18(20-17(23)26)8-3-2-4-9-18/h14,19H,2-13H2,1H3,(H,20,26)(H,21,24). The lowest BCUT2D eigenvalue weighted by atomic mass is 9.82. The van der Waals surface area contributed by atoms with E-state index < -0.39 is 21.6 Å². The normalized spacial score (nSPS) is 25.3. The molecule has 0 bridgehead atoms. The van der Waals surface area contributed by atoms with E-state index in [1.165, 1.54) is 0 Å². The van der Waals surface area contributed by atoms with Gasteiger partial charge in [0.05, 0.1) is 6.26 Å². The molecule has 164 valence electrons. The first kappa shape index (κ1) is 22.0. The molecule has 0 radical (unpaired) electrons. The first-order valence-electron chi connectivity index (χ1n) is 10.3. The molecule has 3 rings (SSSR count). The minimum atomic E-state index is -3.21. The lowest BCUT2D eigenvalue weighted by Crippen LogP contribution is -2.51. The Balaban J connectivity index is 1.45. The van der Waals surface area contributed by atoms with Crippen LogP contribution < -0.4 is 15.5 Å². The minimum absolute atomic E-state index is 0.163. The van der Waals surface area contributed by atoms with Crippen LogP contribution in [-0.4, -0.2) is 74.1 Å². The molecule has 11 heteroatoms. The zero-order valence-corrected chi connectivity index (χ0v) is 17.7. The maximum absolute atomic E-state index is 12.7. The molecule has 1 saturated carbocycles. The van der Waals surface area contributed by atoms with Crippen molar-refractivity contribution in [1.29, 1.82) is 0 Å². The van der Waals surface area contributed by atoms with Crippen molar-refractivity contribution in [2.45, 2.75) is 56.9 Å². The predicted octanol–water partition coefficient (Wildman–Crippen LogP) is -0.0764. The van der Waals surface area contributed by atoms with Crippen molar-refractivity contribution in [3.63, 3.8) is 0 Å². The summed E-state index contributed by atoms with van der Waals surface area (Å²) < 4.78 is 25.1. The summed E-state index contributed by atoms with van der Waals surface area (Å²) in [5.41, 5.74) is 1.61. The molecular weight excluding hydrogens is 398 g/mol. The fraction of sp³-hybridized carbons (Fsp3) is 0.833. The summed E-state index contributed by atoms with van der Waals surface area (Å²) in [5, 5.41) is 3.60. The Bertz CT molecular complexity index is 750. The van der Waals surface area contributed by atoms with Crippen molar-refractivity contribution in [2.24, 2.45) is 5.92 Å². The van der Waals surface area contributed by atoms with Crippen LogP contribution in [0.2, 0.25) is 0 Å². The Labute approximate surface area is 171 Å². The third-order valence-electron chi connectivity index (χ3n) is 6.00. The number of amides is 4. The Hall–Kier alpha value is -1.72. The number of nitrogens with zero attached hydrogens (tertiary/aromatic N) is 2. The van der Waals surface area contributed by atoms with E-state index in [0.717, 1.165) is 49.9 Å². The van der Waals surface area contributed by atoms with Crippen LogP contribution in [-0.2, 0) is 19.6 Å². The van der Waals surface area contributed by atoms with Crippen molar-refractivity contribution < 1.29 is 22.8 Å². The Morgan fingerprint density at radius 2 is 1.93 bits per heavy atom. The third-order valence-corrected chi connectivity index (χ3v) is 6.69. The quantitative estimate of drug-likeness (QED) is 0.486. The molecule has 0 aromatic carbocycles. The molecule has 0 aromatic rings. The lowest BCUT2D eigenvalue weighted by Gasteiger charge is -2.32. The molecule has 2 heterocycles. The molecule has 29 heavy (non-hydrogen) atoms. The van der Waals surface area contributed by atoms with E-state index in [1.807, 2.05) is 0 Å². The summed E-state index contributed by atoms with van der Waals surface area (Å²) in [6.45, 7) is 2.44. The van der Waals surface area contributed by atoms with E-state index in [2.05, 4.69) is 20.4 Å². The highest BCUT2D eigenvalue weighted by molar-refractivity contribution is 7.88. The van der Waals surface area contributed by atoms with Crippen molar-refractivity contribution in [3.05, 3.63) is 0 Å². The number of likely N-dealkylation sites (tertiary alicyclic amines) is 1. The van der Waals surface area contributed by atoms with E-state index >= 15 is 0 Å². The van der Waals surface area contributed by atoms with Gasteiger partial charge in [-0.2, -0.15) is 5.01 Å². The van der Waals surface area contributed by atoms with E-state index in [4.69, 9.17) is 0 Å². The molecule has 3 aliphatic rings. The number of hydrogen-bond donors (Lipinski definition) is 3. The molecule has 10 nitrogen and oxygen atoms in total. The lowest BCUT2D eigenvalue weighted by molar-refractivity contribution is -0.140. The molecular formula is C18H31N5O5S. The van der Waals surface area contributed by atoms with Crippen LogP contribution in [0.1, 0.15) is 51.4 Å². The van der Waals surface area contributed by atoms with Crippen molar-refractivity contribution in [1.82, 2.24) is 25.4 Å². The second kappa shape index (κ2) is 8.97. The molecule has 4 amide bonds. The summed E-state index contributed by atoms with van der Waals surface area (Å²) in [7, 11) is -3.21. The van der Waals surface area contributed by atoms with Gasteiger partial charge in [-0.1, -0.05) is 19.3 Å². The number of urea groups is 1. The van der Waals surface area contributed by atoms with Crippen LogP contribution in [0.25, 0.3) is 0 Å². The van der Waals surface area contributed by atoms with E-state index in [0.29, 0.717) is 32.5 Å². The highest BCUT2D eigenvalue weighted by atomic mass is 32.2. The second-order valence-corrected chi connectivity index (χ2v) is 10.3. The van der Waals surface area contributed by atoms with Gasteiger partial charge in [0, 0.05) is 26.1 Å². The molecule has 3 N–H and O–H groups in total. The zero-order chi connectivity index (χ0) is 21.1. The van der Waals surface area contributed by atoms with Crippen LogP contribution in [0.4, 0.5) is 4.79 Å². The molecule has 3 fully saturated rings. The van der Waals surface area contributed by atoms with Gasteiger partial charge in [0.15, 0.2) is 0 Å². The van der Waals surface area contributed by atoms with Crippen LogP contribution >= 0.6 is 0 Å². The van der Waals surface area contributed by atoms with Gasteiger partial charge in [0.2, 0.25) is 15.9 Å².